The van der Waals surface area contributed by atoms with E-state index in [0.29, 0.717) is 0 Å². The van der Waals surface area contributed by atoms with E-state index in [4.69, 9.17) is 9.69 Å². The van der Waals surface area contributed by atoms with Gasteiger partial charge in [-0.3, -0.25) is 5.16 Å². The smallest absolute Gasteiger partial charge is 0.128 e. The molecule has 1 aromatic carbocycles. The Balaban J connectivity index is 2.90. The van der Waals surface area contributed by atoms with Crippen molar-refractivity contribution in [2.24, 2.45) is 0 Å². The Morgan fingerprint density at radius 3 is 2.33 bits per heavy atom. The van der Waals surface area contributed by atoms with Gasteiger partial charge in [0.1, 0.15) is 13.0 Å². The molecule has 0 spiro atoms. The molecule has 66 valence electrons. The summed E-state index contributed by atoms with van der Waals surface area (Å²) in [5, 5.41) is 7.65. The van der Waals surface area contributed by atoms with Crippen LogP contribution in [0.4, 0.5) is 0 Å². The normalized spacial score (nSPS) is 11.2. The van der Waals surface area contributed by atoms with Crippen LogP contribution in [-0.2, 0) is 0 Å². The first kappa shape index (κ1) is 9.34. The van der Waals surface area contributed by atoms with Gasteiger partial charge < -0.3 is 4.52 Å². The van der Waals surface area contributed by atoms with Gasteiger partial charge >= 0.3 is 0 Å². The SMILES string of the molecule is Cc1ccccc1OP(C)(C)=N. The molecule has 0 saturated carbocycles. The van der Waals surface area contributed by atoms with E-state index >= 15 is 0 Å². The van der Waals surface area contributed by atoms with E-state index in [0.717, 1.165) is 11.3 Å². The molecule has 12 heavy (non-hydrogen) atoms. The van der Waals surface area contributed by atoms with Crippen molar-refractivity contribution in [3.63, 3.8) is 0 Å². The molecule has 0 saturated heterocycles. The summed E-state index contributed by atoms with van der Waals surface area (Å²) in [4.78, 5) is 0. The van der Waals surface area contributed by atoms with Crippen LogP contribution >= 0.6 is 7.28 Å². The fraction of sp³-hybridized carbons (Fsp3) is 0.333. The second kappa shape index (κ2) is 3.32. The van der Waals surface area contributed by atoms with E-state index in [1.165, 1.54) is 0 Å². The quantitative estimate of drug-likeness (QED) is 0.701. The number of rotatable bonds is 2. The lowest BCUT2D eigenvalue weighted by molar-refractivity contribution is 0.604. The molecule has 0 amide bonds. The number of benzene rings is 1. The largest absolute Gasteiger partial charge is 0.460 e. The predicted molar refractivity (Wildman–Crippen MR) is 53.3 cm³/mol. The minimum atomic E-state index is -1.91. The molecular weight excluding hydrogens is 169 g/mol. The van der Waals surface area contributed by atoms with Gasteiger partial charge in [-0.25, -0.2) is 0 Å². The van der Waals surface area contributed by atoms with Crippen LogP contribution in [0.25, 0.3) is 0 Å². The summed E-state index contributed by atoms with van der Waals surface area (Å²) in [6.07, 6.45) is 0. The highest BCUT2D eigenvalue weighted by Gasteiger charge is 2.05. The third-order valence-electron chi connectivity index (χ3n) is 1.42. The average molecular weight is 183 g/mol. The maximum Gasteiger partial charge on any atom is 0.128 e. The minimum absolute atomic E-state index is 0.839. The molecular formula is C9H14NOP. The molecule has 0 aliphatic carbocycles. The second-order valence-electron chi connectivity index (χ2n) is 3.21. The molecule has 0 aromatic heterocycles. The van der Waals surface area contributed by atoms with E-state index in [1.54, 1.807) is 0 Å². The first-order valence-electron chi connectivity index (χ1n) is 3.83. The number of aryl methyl sites for hydroxylation is 1. The zero-order valence-corrected chi connectivity index (χ0v) is 8.56. The van der Waals surface area contributed by atoms with Crippen LogP contribution < -0.4 is 4.52 Å². The third-order valence-corrected chi connectivity index (χ3v) is 2.07. The van der Waals surface area contributed by atoms with E-state index < -0.39 is 7.28 Å². The van der Waals surface area contributed by atoms with Crippen molar-refractivity contribution in [2.75, 3.05) is 13.3 Å². The van der Waals surface area contributed by atoms with Gasteiger partial charge in [-0.2, -0.15) is 0 Å². The van der Waals surface area contributed by atoms with Gasteiger partial charge in [0.2, 0.25) is 0 Å². The average Bonchev–Trinajstić information content (AvgIpc) is 1.91. The summed E-state index contributed by atoms with van der Waals surface area (Å²) in [6.45, 7) is 5.66. The van der Waals surface area contributed by atoms with Crippen molar-refractivity contribution in [3.8, 4) is 5.75 Å². The van der Waals surface area contributed by atoms with E-state index in [-0.39, 0.29) is 0 Å². The first-order valence-corrected chi connectivity index (χ1v) is 6.43. The van der Waals surface area contributed by atoms with Crippen molar-refractivity contribution in [1.29, 1.82) is 5.16 Å². The molecule has 2 nitrogen and oxygen atoms in total. The van der Waals surface area contributed by atoms with Crippen molar-refractivity contribution in [2.45, 2.75) is 6.92 Å². The zero-order valence-electron chi connectivity index (χ0n) is 7.66. The molecule has 1 aromatic rings. The molecule has 0 fully saturated rings. The maximum absolute atomic E-state index is 7.65. The van der Waals surface area contributed by atoms with Crippen LogP contribution in [0.3, 0.4) is 0 Å². The van der Waals surface area contributed by atoms with Crippen LogP contribution in [0.5, 0.6) is 5.75 Å². The van der Waals surface area contributed by atoms with E-state index in [2.05, 4.69) is 0 Å². The molecule has 0 unspecified atom stereocenters. The summed E-state index contributed by atoms with van der Waals surface area (Å²) < 4.78 is 5.51. The molecule has 0 aliphatic heterocycles. The predicted octanol–water partition coefficient (Wildman–Crippen LogP) is 3.33. The topological polar surface area (TPSA) is 33.1 Å². The Labute approximate surface area is 73.5 Å². The van der Waals surface area contributed by atoms with Crippen molar-refractivity contribution in [3.05, 3.63) is 29.8 Å². The van der Waals surface area contributed by atoms with E-state index in [9.17, 15) is 0 Å². The third kappa shape index (κ3) is 2.71. The molecule has 0 bridgehead atoms. The van der Waals surface area contributed by atoms with Gasteiger partial charge in [-0.05, 0) is 18.6 Å². The molecule has 0 radical (unpaired) electrons. The zero-order chi connectivity index (χ0) is 9.19. The summed E-state index contributed by atoms with van der Waals surface area (Å²) in [5.41, 5.74) is 1.10. The Kier molecular flexibility index (Phi) is 2.58. The van der Waals surface area contributed by atoms with Crippen LogP contribution in [-0.4, -0.2) is 13.3 Å². The molecule has 0 atom stereocenters. The maximum atomic E-state index is 7.65. The van der Waals surface area contributed by atoms with Gasteiger partial charge in [-0.15, -0.1) is 0 Å². The van der Waals surface area contributed by atoms with Crippen LogP contribution in [0, 0.1) is 12.1 Å². The summed E-state index contributed by atoms with van der Waals surface area (Å²) in [6, 6.07) is 7.80. The number of para-hydroxylation sites is 1. The summed E-state index contributed by atoms with van der Waals surface area (Å²) >= 11 is 0. The molecule has 3 heteroatoms. The number of hydrogen-bond donors (Lipinski definition) is 1. The molecule has 1 rings (SSSR count). The van der Waals surface area contributed by atoms with Gasteiger partial charge in [-0.1, -0.05) is 18.2 Å². The molecule has 0 heterocycles. The lowest BCUT2D eigenvalue weighted by atomic mass is 10.2. The summed E-state index contributed by atoms with van der Waals surface area (Å²) in [7, 11) is -1.91. The lowest BCUT2D eigenvalue weighted by Crippen LogP contribution is -1.89. The van der Waals surface area contributed by atoms with Gasteiger partial charge in [0.05, 0.1) is 0 Å². The minimum Gasteiger partial charge on any atom is -0.460 e. The van der Waals surface area contributed by atoms with Crippen LogP contribution in [0.15, 0.2) is 24.3 Å². The lowest BCUT2D eigenvalue weighted by Gasteiger charge is -2.15. The Bertz CT molecular complexity index is 316. The Morgan fingerprint density at radius 2 is 1.83 bits per heavy atom. The van der Waals surface area contributed by atoms with Crippen molar-refractivity contribution in [1.82, 2.24) is 0 Å². The highest BCUT2D eigenvalue weighted by molar-refractivity contribution is 7.58. The fourth-order valence-electron chi connectivity index (χ4n) is 0.905. The standard InChI is InChI=1S/C9H14NOP/c1-8-6-4-5-7-9(8)11-12(2,3)10/h4-7,10H,1-3H3. The van der Waals surface area contributed by atoms with Gasteiger partial charge in [0.15, 0.2) is 0 Å². The fourth-order valence-corrected chi connectivity index (χ4v) is 1.60. The highest BCUT2D eigenvalue weighted by atomic mass is 31.2. The van der Waals surface area contributed by atoms with Gasteiger partial charge in [0, 0.05) is 13.3 Å². The van der Waals surface area contributed by atoms with Crippen LogP contribution in [0.1, 0.15) is 5.56 Å². The van der Waals surface area contributed by atoms with Gasteiger partial charge in [0.25, 0.3) is 0 Å². The number of nitrogens with one attached hydrogen (secondary N) is 1. The van der Waals surface area contributed by atoms with E-state index in [1.807, 2.05) is 44.5 Å². The Morgan fingerprint density at radius 1 is 1.25 bits per heavy atom. The van der Waals surface area contributed by atoms with Crippen molar-refractivity contribution >= 4 is 7.28 Å². The first-order chi connectivity index (χ1) is 5.49. The Hall–Kier alpha value is -0.750. The summed E-state index contributed by atoms with van der Waals surface area (Å²) in [5.74, 6) is 0.839. The second-order valence-corrected chi connectivity index (χ2v) is 6.09. The van der Waals surface area contributed by atoms with Crippen molar-refractivity contribution < 1.29 is 4.52 Å². The highest BCUT2D eigenvalue weighted by Crippen LogP contribution is 2.40. The number of hydrogen-bond acceptors (Lipinski definition) is 2. The van der Waals surface area contributed by atoms with Crippen LogP contribution in [0.2, 0.25) is 0 Å². The molecule has 1 N–H and O–H groups in total. The molecule has 0 aliphatic rings. The monoisotopic (exact) mass is 183 g/mol.